The lowest BCUT2D eigenvalue weighted by Gasteiger charge is -2.27. The maximum absolute atomic E-state index is 12.7. The summed E-state index contributed by atoms with van der Waals surface area (Å²) in [6.45, 7) is 22.9. The van der Waals surface area contributed by atoms with Gasteiger partial charge in [-0.1, -0.05) is 120 Å². The Morgan fingerprint density at radius 2 is 0.759 bits per heavy atom. The number of rotatable bonds is 39. The minimum atomic E-state index is -0.301. The predicted octanol–water partition coefficient (Wildman–Crippen LogP) is 9.54. The van der Waals surface area contributed by atoms with Gasteiger partial charge >= 0.3 is 11.9 Å². The predicted molar refractivity (Wildman–Crippen MR) is 325 cm³/mol. The second kappa shape index (κ2) is 35.9. The van der Waals surface area contributed by atoms with Gasteiger partial charge in [-0.15, -0.1) is 0 Å². The molecular formula is C67H94N2O14. The maximum Gasteiger partial charge on any atom is 0.306 e. The molecule has 0 saturated carbocycles. The topological polar surface area (TPSA) is 195 Å². The first-order chi connectivity index (χ1) is 39.9. The number of aromatic hydroxyl groups is 2. The minimum Gasteiger partial charge on any atom is -0.507 e. The summed E-state index contributed by atoms with van der Waals surface area (Å²) < 4.78 is 45.7. The van der Waals surface area contributed by atoms with Crippen molar-refractivity contribution in [2.75, 3.05) is 142 Å². The molecule has 0 bridgehead atoms. The van der Waals surface area contributed by atoms with Gasteiger partial charge in [-0.3, -0.25) is 9.59 Å². The van der Waals surface area contributed by atoms with Crippen molar-refractivity contribution < 1.29 is 67.9 Å². The Hall–Kier alpha value is -6.08. The zero-order valence-corrected chi connectivity index (χ0v) is 50.6. The Bertz CT molecular complexity index is 2490. The van der Waals surface area contributed by atoms with Crippen LogP contribution < -0.4 is 9.80 Å². The Morgan fingerprint density at radius 1 is 0.434 bits per heavy atom. The zero-order chi connectivity index (χ0) is 60.0. The average Bonchev–Trinajstić information content (AvgIpc) is 3.58. The molecule has 5 rings (SSSR count). The summed E-state index contributed by atoms with van der Waals surface area (Å²) in [6, 6.07) is 35.4. The van der Waals surface area contributed by atoms with Crippen LogP contribution >= 0.6 is 0 Å². The van der Waals surface area contributed by atoms with Gasteiger partial charge in [-0.05, 0) is 112 Å². The second-order valence-electron chi connectivity index (χ2n) is 22.7. The first-order valence-electron chi connectivity index (χ1n) is 29.3. The van der Waals surface area contributed by atoms with E-state index in [1.165, 1.54) is 0 Å². The highest BCUT2D eigenvalue weighted by molar-refractivity contribution is 5.70. The number of hydrogen-bond donors (Lipinski definition) is 4. The number of aliphatic hydroxyl groups is 2. The molecule has 4 N–H and O–H groups in total. The van der Waals surface area contributed by atoms with E-state index < -0.39 is 0 Å². The Kier molecular flexibility index (Phi) is 29.3. The second-order valence-corrected chi connectivity index (χ2v) is 22.7. The highest BCUT2D eigenvalue weighted by atomic mass is 16.6. The van der Waals surface area contributed by atoms with E-state index in [4.69, 9.17) is 48.1 Å². The number of phenolic OH excluding ortho intramolecular Hbond substituents is 2. The van der Waals surface area contributed by atoms with Gasteiger partial charge in [0.15, 0.2) is 0 Å². The third-order valence-electron chi connectivity index (χ3n) is 14.1. The van der Waals surface area contributed by atoms with E-state index in [-0.39, 0.29) is 94.4 Å². The van der Waals surface area contributed by atoms with E-state index in [1.54, 1.807) is 0 Å². The zero-order valence-electron chi connectivity index (χ0n) is 50.6. The first-order valence-corrected chi connectivity index (χ1v) is 29.3. The van der Waals surface area contributed by atoms with E-state index in [1.807, 2.05) is 44.2 Å². The van der Waals surface area contributed by atoms with Gasteiger partial charge in [0, 0.05) is 56.3 Å². The molecule has 0 unspecified atom stereocenters. The van der Waals surface area contributed by atoms with E-state index in [2.05, 4.69) is 124 Å². The normalized spacial score (nSPS) is 11.8. The van der Waals surface area contributed by atoms with Crippen LogP contribution in [0.1, 0.15) is 110 Å². The van der Waals surface area contributed by atoms with Crippen LogP contribution in [0, 0.1) is 13.8 Å². The van der Waals surface area contributed by atoms with Crippen molar-refractivity contribution in [3.8, 4) is 11.5 Å². The molecule has 0 spiro atoms. The summed E-state index contributed by atoms with van der Waals surface area (Å²) in [4.78, 5) is 29.9. The van der Waals surface area contributed by atoms with Crippen LogP contribution in [0.2, 0.25) is 0 Å². The fourth-order valence-electron chi connectivity index (χ4n) is 9.60. The summed E-state index contributed by atoms with van der Waals surface area (Å²) in [7, 11) is 0. The lowest BCUT2D eigenvalue weighted by Crippen LogP contribution is -2.31. The monoisotopic (exact) mass is 1150 g/mol. The molecule has 0 aliphatic heterocycles. The van der Waals surface area contributed by atoms with Crippen LogP contribution in [-0.2, 0) is 71.2 Å². The number of carbonyl (C=O) groups excluding carboxylic acids is 2. The largest absolute Gasteiger partial charge is 0.507 e. The lowest BCUT2D eigenvalue weighted by molar-refractivity contribution is -0.146. The average molecular weight is 1150 g/mol. The number of aliphatic hydroxyl groups excluding tert-OH is 2. The number of esters is 2. The summed E-state index contributed by atoms with van der Waals surface area (Å²) in [5, 5.41) is 39.4. The summed E-state index contributed by atoms with van der Waals surface area (Å²) in [6.07, 6.45) is 1.48. The minimum absolute atomic E-state index is 0.0398. The number of carbonyl (C=O) groups is 2. The molecule has 0 aliphatic rings. The van der Waals surface area contributed by atoms with Crippen LogP contribution in [0.4, 0.5) is 11.4 Å². The summed E-state index contributed by atoms with van der Waals surface area (Å²) in [5.41, 5.74) is 10.2. The van der Waals surface area contributed by atoms with E-state index in [9.17, 15) is 19.8 Å². The van der Waals surface area contributed by atoms with E-state index >= 15 is 0 Å². The molecule has 0 aromatic heterocycles. The molecule has 0 amide bonds. The number of aryl methyl sites for hydroxylation is 4. The quantitative estimate of drug-likeness (QED) is 0.0165. The Morgan fingerprint density at radius 3 is 1.10 bits per heavy atom. The number of hydrogen-bond acceptors (Lipinski definition) is 16. The smallest absolute Gasteiger partial charge is 0.306 e. The van der Waals surface area contributed by atoms with E-state index in [0.29, 0.717) is 103 Å². The molecular weight excluding hydrogens is 1060 g/mol. The molecule has 0 aliphatic carbocycles. The molecule has 0 saturated heterocycles. The third kappa shape index (κ3) is 23.8. The molecule has 456 valence electrons. The van der Waals surface area contributed by atoms with Gasteiger partial charge in [0.2, 0.25) is 0 Å². The highest BCUT2D eigenvalue weighted by Gasteiger charge is 2.23. The van der Waals surface area contributed by atoms with Crippen molar-refractivity contribution in [2.45, 2.75) is 97.8 Å². The Balaban J connectivity index is 1.19. The summed E-state index contributed by atoms with van der Waals surface area (Å²) in [5.74, 6) is -0.0762. The molecule has 0 heterocycles. The Labute approximate surface area is 493 Å². The van der Waals surface area contributed by atoms with Crippen LogP contribution in [0.15, 0.2) is 103 Å². The van der Waals surface area contributed by atoms with Gasteiger partial charge in [-0.2, -0.15) is 0 Å². The summed E-state index contributed by atoms with van der Waals surface area (Å²) >= 11 is 0. The first kappa shape index (κ1) is 67.7. The molecule has 16 heteroatoms. The van der Waals surface area contributed by atoms with Gasteiger partial charge in [0.05, 0.1) is 92.5 Å². The third-order valence-corrected chi connectivity index (χ3v) is 14.1. The van der Waals surface area contributed by atoms with Crippen molar-refractivity contribution in [1.82, 2.24) is 0 Å². The molecule has 5 aromatic rings. The SMILES string of the molecule is Cc1cc(CCC(=O)OCCOCCN(CCOCCOCCO)c2ccc(C(c3ccccc3)c3ccc(N(CCOCCOCCO)CCOCCOC(=O)CCc4cc(C)c(O)c(C(C)(C)C)c4)cc3)cc2)cc(C(C)(C)C)c1O. The fourth-order valence-corrected chi connectivity index (χ4v) is 9.60. The van der Waals surface area contributed by atoms with Crippen molar-refractivity contribution >= 4 is 23.3 Å². The number of benzene rings is 5. The van der Waals surface area contributed by atoms with Gasteiger partial charge in [0.1, 0.15) is 24.7 Å². The van der Waals surface area contributed by atoms with Crippen molar-refractivity contribution in [2.24, 2.45) is 0 Å². The number of nitrogens with zero attached hydrogens (tertiary/aromatic N) is 2. The van der Waals surface area contributed by atoms with Gasteiger partial charge in [0.25, 0.3) is 0 Å². The van der Waals surface area contributed by atoms with Crippen molar-refractivity contribution in [3.63, 3.8) is 0 Å². The van der Waals surface area contributed by atoms with E-state index in [0.717, 1.165) is 61.4 Å². The maximum atomic E-state index is 12.7. The number of phenols is 2. The van der Waals surface area contributed by atoms with Gasteiger partial charge < -0.3 is 68.1 Å². The lowest BCUT2D eigenvalue weighted by atomic mass is 9.83. The van der Waals surface area contributed by atoms with Crippen LogP contribution in [0.5, 0.6) is 11.5 Å². The van der Waals surface area contributed by atoms with Crippen LogP contribution in [0.25, 0.3) is 0 Å². The number of ether oxygens (including phenoxy) is 8. The fraction of sp³-hybridized carbons (Fsp3) is 0.522. The van der Waals surface area contributed by atoms with Gasteiger partial charge in [-0.25, -0.2) is 0 Å². The molecule has 0 atom stereocenters. The number of anilines is 2. The van der Waals surface area contributed by atoms with Crippen molar-refractivity contribution in [3.05, 3.63) is 153 Å². The molecule has 83 heavy (non-hydrogen) atoms. The standard InChI is InChI=1S/C67H94N2O14/c1-50-46-52(48-59(64(50)74)66(3,4)5)14-24-61(72)82-44-42-78-34-28-68(26-32-76-38-40-80-36-30-70)57-20-16-55(17-21-57)63(54-12-10-9-11-13-54)56-18-22-58(23-19-56)69(27-33-77-39-41-81-37-31-71)29-35-79-43-45-83-62(73)25-15-53-47-51(2)65(75)60(49-53)67(6,7)8/h9-13,16-23,46-49,63,70-71,74-75H,14-15,24-45H2,1-8H3. The van der Waals surface area contributed by atoms with Crippen LogP contribution in [0.3, 0.4) is 0 Å². The van der Waals surface area contributed by atoms with Crippen molar-refractivity contribution in [1.29, 1.82) is 0 Å². The molecule has 16 nitrogen and oxygen atoms in total. The molecule has 0 radical (unpaired) electrons. The van der Waals surface area contributed by atoms with Crippen LogP contribution in [-0.4, -0.2) is 164 Å². The molecule has 0 fully saturated rings. The highest BCUT2D eigenvalue weighted by Crippen LogP contribution is 2.37. The molecule has 5 aromatic carbocycles.